The first-order chi connectivity index (χ1) is 8.66. The van der Waals surface area contributed by atoms with E-state index >= 15 is 0 Å². The quantitative estimate of drug-likeness (QED) is 0.824. The van der Waals surface area contributed by atoms with Gasteiger partial charge in [0, 0.05) is 18.0 Å². The topological polar surface area (TPSA) is 72.2 Å². The van der Waals surface area contributed by atoms with Crippen LogP contribution in [0.1, 0.15) is 41.6 Å². The maximum Gasteiger partial charge on any atom is 0.248 e. The van der Waals surface area contributed by atoms with Crippen molar-refractivity contribution in [1.82, 2.24) is 5.32 Å². The zero-order valence-corrected chi connectivity index (χ0v) is 10.3. The van der Waals surface area contributed by atoms with E-state index in [1.807, 2.05) is 12.1 Å². The molecule has 1 fully saturated rings. The third-order valence-corrected chi connectivity index (χ3v) is 3.37. The molecule has 1 aliphatic carbocycles. The first-order valence-electron chi connectivity index (χ1n) is 6.34. The smallest absolute Gasteiger partial charge is 0.248 e. The highest BCUT2D eigenvalue weighted by molar-refractivity contribution is 5.94. The Bertz CT molecular complexity index is 453. The molecule has 0 spiro atoms. The minimum atomic E-state index is -0.440. The Hall–Kier alpha value is -1.84. The van der Waals surface area contributed by atoms with E-state index in [0.29, 0.717) is 24.4 Å². The molecule has 0 aromatic heterocycles. The molecule has 1 aromatic carbocycles. The van der Waals surface area contributed by atoms with Gasteiger partial charge in [0.1, 0.15) is 0 Å². The van der Waals surface area contributed by atoms with Gasteiger partial charge in [-0.05, 0) is 37.3 Å². The predicted molar refractivity (Wildman–Crippen MR) is 69.1 cm³/mol. The fraction of sp³-hybridized carbons (Fsp3) is 0.429. The summed E-state index contributed by atoms with van der Waals surface area (Å²) in [5.41, 5.74) is 6.64. The van der Waals surface area contributed by atoms with Crippen LogP contribution >= 0.6 is 0 Å². The number of nitrogens with two attached hydrogens (primary N) is 1. The molecular formula is C14H18N2O2. The van der Waals surface area contributed by atoms with Gasteiger partial charge in [-0.25, -0.2) is 0 Å². The van der Waals surface area contributed by atoms with E-state index in [9.17, 15) is 9.59 Å². The van der Waals surface area contributed by atoms with Crippen molar-refractivity contribution in [3.63, 3.8) is 0 Å². The van der Waals surface area contributed by atoms with E-state index in [1.54, 1.807) is 12.1 Å². The largest absolute Gasteiger partial charge is 0.366 e. The molecule has 0 bridgehead atoms. The number of aryl methyl sites for hydroxylation is 1. The minimum absolute atomic E-state index is 0.0546. The van der Waals surface area contributed by atoms with E-state index in [4.69, 9.17) is 5.73 Å². The lowest BCUT2D eigenvalue weighted by atomic mass is 9.93. The lowest BCUT2D eigenvalue weighted by Gasteiger charge is -2.26. The van der Waals surface area contributed by atoms with E-state index < -0.39 is 5.91 Å². The van der Waals surface area contributed by atoms with Gasteiger partial charge < -0.3 is 11.1 Å². The van der Waals surface area contributed by atoms with Crippen molar-refractivity contribution in [2.75, 3.05) is 0 Å². The van der Waals surface area contributed by atoms with Crippen LogP contribution in [0.3, 0.4) is 0 Å². The fourth-order valence-corrected chi connectivity index (χ4v) is 2.08. The highest BCUT2D eigenvalue weighted by Crippen LogP contribution is 2.18. The maximum absolute atomic E-state index is 11.7. The summed E-state index contributed by atoms with van der Waals surface area (Å²) in [6.07, 6.45) is 4.33. The van der Waals surface area contributed by atoms with Crippen molar-refractivity contribution in [2.24, 2.45) is 5.73 Å². The van der Waals surface area contributed by atoms with Crippen molar-refractivity contribution in [1.29, 1.82) is 0 Å². The SMILES string of the molecule is NC(=O)c1ccccc1CCC(=O)NC1CCC1. The number of carbonyl (C=O) groups is 2. The van der Waals surface area contributed by atoms with E-state index in [2.05, 4.69) is 5.32 Å². The molecule has 0 heterocycles. The minimum Gasteiger partial charge on any atom is -0.366 e. The standard InChI is InChI=1S/C14H18N2O2/c15-14(18)12-7-2-1-4-10(12)8-9-13(17)16-11-5-3-6-11/h1-2,4,7,11H,3,5-6,8-9H2,(H2,15,18)(H,16,17). The van der Waals surface area contributed by atoms with Crippen LogP contribution in [0.25, 0.3) is 0 Å². The zero-order chi connectivity index (χ0) is 13.0. The average molecular weight is 246 g/mol. The number of nitrogens with one attached hydrogen (secondary N) is 1. The molecular weight excluding hydrogens is 228 g/mol. The Morgan fingerprint density at radius 3 is 2.61 bits per heavy atom. The van der Waals surface area contributed by atoms with Crippen LogP contribution in [-0.2, 0) is 11.2 Å². The molecule has 96 valence electrons. The van der Waals surface area contributed by atoms with Crippen molar-refractivity contribution < 1.29 is 9.59 Å². The predicted octanol–water partition coefficient (Wildman–Crippen LogP) is 1.39. The van der Waals surface area contributed by atoms with Gasteiger partial charge in [0.05, 0.1) is 0 Å². The van der Waals surface area contributed by atoms with Crippen molar-refractivity contribution >= 4 is 11.8 Å². The number of primary amides is 1. The van der Waals surface area contributed by atoms with Gasteiger partial charge in [0.15, 0.2) is 0 Å². The Kier molecular flexibility index (Phi) is 3.97. The normalized spacial score (nSPS) is 14.9. The molecule has 4 heteroatoms. The molecule has 2 rings (SSSR count). The summed E-state index contributed by atoms with van der Waals surface area (Å²) in [4.78, 5) is 22.9. The van der Waals surface area contributed by atoms with Crippen LogP contribution in [0, 0.1) is 0 Å². The van der Waals surface area contributed by atoms with Gasteiger partial charge in [-0.2, -0.15) is 0 Å². The summed E-state index contributed by atoms with van der Waals surface area (Å²) in [6.45, 7) is 0. The third kappa shape index (κ3) is 3.09. The Morgan fingerprint density at radius 2 is 2.00 bits per heavy atom. The van der Waals surface area contributed by atoms with E-state index in [1.165, 1.54) is 6.42 Å². The first-order valence-corrected chi connectivity index (χ1v) is 6.34. The Morgan fingerprint density at radius 1 is 1.28 bits per heavy atom. The number of rotatable bonds is 5. The van der Waals surface area contributed by atoms with Gasteiger partial charge in [-0.15, -0.1) is 0 Å². The van der Waals surface area contributed by atoms with Crippen LogP contribution in [0.4, 0.5) is 0 Å². The van der Waals surface area contributed by atoms with Crippen LogP contribution in [-0.4, -0.2) is 17.9 Å². The summed E-state index contributed by atoms with van der Waals surface area (Å²) in [5.74, 6) is -0.385. The van der Waals surface area contributed by atoms with E-state index in [-0.39, 0.29) is 5.91 Å². The monoisotopic (exact) mass is 246 g/mol. The van der Waals surface area contributed by atoms with Crippen molar-refractivity contribution in [2.45, 2.75) is 38.1 Å². The van der Waals surface area contributed by atoms with E-state index in [0.717, 1.165) is 18.4 Å². The number of amides is 2. The van der Waals surface area contributed by atoms with Crippen LogP contribution < -0.4 is 11.1 Å². The van der Waals surface area contributed by atoms with Gasteiger partial charge >= 0.3 is 0 Å². The molecule has 0 aliphatic heterocycles. The molecule has 3 N–H and O–H groups in total. The second-order valence-corrected chi connectivity index (χ2v) is 4.72. The maximum atomic E-state index is 11.7. The fourth-order valence-electron chi connectivity index (χ4n) is 2.08. The van der Waals surface area contributed by atoms with Crippen LogP contribution in [0.5, 0.6) is 0 Å². The number of hydrogen-bond donors (Lipinski definition) is 2. The molecule has 2 amide bonds. The molecule has 0 unspecified atom stereocenters. The van der Waals surface area contributed by atoms with Gasteiger partial charge in [0.25, 0.3) is 0 Å². The summed E-state index contributed by atoms with van der Waals surface area (Å²) >= 11 is 0. The molecule has 1 aromatic rings. The molecule has 1 saturated carbocycles. The molecule has 18 heavy (non-hydrogen) atoms. The Labute approximate surface area is 107 Å². The summed E-state index contributed by atoms with van der Waals surface area (Å²) < 4.78 is 0. The summed E-state index contributed by atoms with van der Waals surface area (Å²) in [5, 5.41) is 2.98. The van der Waals surface area contributed by atoms with Crippen LogP contribution in [0.15, 0.2) is 24.3 Å². The molecule has 0 radical (unpaired) electrons. The lowest BCUT2D eigenvalue weighted by molar-refractivity contribution is -0.122. The van der Waals surface area contributed by atoms with Crippen molar-refractivity contribution in [3.8, 4) is 0 Å². The van der Waals surface area contributed by atoms with Crippen molar-refractivity contribution in [3.05, 3.63) is 35.4 Å². The molecule has 0 atom stereocenters. The number of carbonyl (C=O) groups excluding carboxylic acids is 2. The lowest BCUT2D eigenvalue weighted by Crippen LogP contribution is -2.39. The Balaban J connectivity index is 1.89. The van der Waals surface area contributed by atoms with Gasteiger partial charge in [-0.3, -0.25) is 9.59 Å². The highest BCUT2D eigenvalue weighted by atomic mass is 16.2. The molecule has 4 nitrogen and oxygen atoms in total. The summed E-state index contributed by atoms with van der Waals surface area (Å²) in [7, 11) is 0. The van der Waals surface area contributed by atoms with Crippen LogP contribution in [0.2, 0.25) is 0 Å². The van der Waals surface area contributed by atoms with Gasteiger partial charge in [0.2, 0.25) is 11.8 Å². The number of benzene rings is 1. The molecule has 0 saturated heterocycles. The second kappa shape index (κ2) is 5.67. The number of hydrogen-bond acceptors (Lipinski definition) is 2. The third-order valence-electron chi connectivity index (χ3n) is 3.37. The average Bonchev–Trinajstić information content (AvgIpc) is 2.31. The second-order valence-electron chi connectivity index (χ2n) is 4.72. The highest BCUT2D eigenvalue weighted by Gasteiger charge is 2.19. The summed E-state index contributed by atoms with van der Waals surface area (Å²) in [6, 6.07) is 7.53. The zero-order valence-electron chi connectivity index (χ0n) is 10.3. The first kappa shape index (κ1) is 12.6. The van der Waals surface area contributed by atoms with Gasteiger partial charge in [-0.1, -0.05) is 18.2 Å². The molecule has 1 aliphatic rings.